The van der Waals surface area contributed by atoms with Gasteiger partial charge in [-0.05, 0) is 18.3 Å². The minimum atomic E-state index is -0.109. The van der Waals surface area contributed by atoms with E-state index < -0.39 is 0 Å². The van der Waals surface area contributed by atoms with Gasteiger partial charge in [0, 0.05) is 20.2 Å². The molecule has 0 saturated heterocycles. The summed E-state index contributed by atoms with van der Waals surface area (Å²) >= 11 is 0. The molecule has 2 N–H and O–H groups in total. The summed E-state index contributed by atoms with van der Waals surface area (Å²) in [5.41, 5.74) is 0.555. The van der Waals surface area contributed by atoms with Crippen LogP contribution in [0.2, 0.25) is 0 Å². The molecule has 0 unspecified atom stereocenters. The number of aryl methyl sites for hydroxylation is 1. The Hall–Kier alpha value is -1.36. The van der Waals surface area contributed by atoms with Crippen LogP contribution in [0.15, 0.2) is 12.5 Å². The quantitative estimate of drug-likeness (QED) is 0.776. The zero-order valence-electron chi connectivity index (χ0n) is 10.7. The van der Waals surface area contributed by atoms with Gasteiger partial charge in [0.05, 0.1) is 12.5 Å². The number of hydrogen-bond donors (Lipinski definition) is 2. The fourth-order valence-corrected chi connectivity index (χ4v) is 1.63. The van der Waals surface area contributed by atoms with Crippen molar-refractivity contribution in [2.75, 3.05) is 13.2 Å². The molecular formula is C12H21N3O2. The van der Waals surface area contributed by atoms with E-state index in [0.717, 1.165) is 12.8 Å². The maximum Gasteiger partial charge on any atom is 0.269 e. The minimum Gasteiger partial charge on any atom is -0.396 e. The number of aliphatic hydroxyl groups is 1. The molecule has 0 atom stereocenters. The summed E-state index contributed by atoms with van der Waals surface area (Å²) in [5.74, 6) is -0.109. The summed E-state index contributed by atoms with van der Waals surface area (Å²) in [7, 11) is 1.79. The normalized spacial score (nSPS) is 11.5. The van der Waals surface area contributed by atoms with E-state index in [1.54, 1.807) is 24.1 Å². The standard InChI is InChI=1S/C12H21N3O2/c1-12(2,5-4-6-16)8-14-11(17)10-7-13-9-15(10)3/h7,9,16H,4-6,8H2,1-3H3,(H,14,17). The monoisotopic (exact) mass is 239 g/mol. The number of hydrogen-bond acceptors (Lipinski definition) is 3. The highest BCUT2D eigenvalue weighted by atomic mass is 16.2. The lowest BCUT2D eigenvalue weighted by atomic mass is 9.88. The molecule has 5 heteroatoms. The molecule has 1 heterocycles. The number of carbonyl (C=O) groups is 1. The maximum atomic E-state index is 11.8. The molecular weight excluding hydrogens is 218 g/mol. The van der Waals surface area contributed by atoms with Gasteiger partial charge in [-0.1, -0.05) is 13.8 Å². The molecule has 1 aromatic heterocycles. The first-order valence-corrected chi connectivity index (χ1v) is 5.82. The lowest BCUT2D eigenvalue weighted by Gasteiger charge is -2.24. The number of nitrogens with one attached hydrogen (secondary N) is 1. The van der Waals surface area contributed by atoms with Crippen molar-refractivity contribution < 1.29 is 9.90 Å². The molecule has 1 amide bonds. The van der Waals surface area contributed by atoms with Crippen molar-refractivity contribution in [3.63, 3.8) is 0 Å². The number of amides is 1. The van der Waals surface area contributed by atoms with Crippen molar-refractivity contribution in [1.82, 2.24) is 14.9 Å². The summed E-state index contributed by atoms with van der Waals surface area (Å²) in [6, 6.07) is 0. The van der Waals surface area contributed by atoms with Crippen LogP contribution in [0.3, 0.4) is 0 Å². The van der Waals surface area contributed by atoms with Crippen molar-refractivity contribution in [3.05, 3.63) is 18.2 Å². The van der Waals surface area contributed by atoms with Crippen LogP contribution in [0, 0.1) is 5.41 Å². The lowest BCUT2D eigenvalue weighted by Crippen LogP contribution is -2.34. The van der Waals surface area contributed by atoms with Gasteiger partial charge in [0.15, 0.2) is 0 Å². The van der Waals surface area contributed by atoms with Crippen LogP contribution in [0.1, 0.15) is 37.2 Å². The van der Waals surface area contributed by atoms with Crippen LogP contribution in [0.5, 0.6) is 0 Å². The largest absolute Gasteiger partial charge is 0.396 e. The Morgan fingerprint density at radius 1 is 1.59 bits per heavy atom. The molecule has 0 aliphatic heterocycles. The predicted molar refractivity (Wildman–Crippen MR) is 65.6 cm³/mol. The Labute approximate surface area is 102 Å². The van der Waals surface area contributed by atoms with Crippen LogP contribution >= 0.6 is 0 Å². The van der Waals surface area contributed by atoms with Gasteiger partial charge in [0.1, 0.15) is 5.69 Å². The third-order valence-corrected chi connectivity index (χ3v) is 2.79. The van der Waals surface area contributed by atoms with E-state index in [1.165, 1.54) is 0 Å². The molecule has 0 spiro atoms. The van der Waals surface area contributed by atoms with Crippen molar-refractivity contribution >= 4 is 5.91 Å². The fourth-order valence-electron chi connectivity index (χ4n) is 1.63. The van der Waals surface area contributed by atoms with Crippen molar-refractivity contribution in [2.24, 2.45) is 12.5 Å². The summed E-state index contributed by atoms with van der Waals surface area (Å²) in [5, 5.41) is 11.7. The highest BCUT2D eigenvalue weighted by Gasteiger charge is 2.19. The zero-order valence-corrected chi connectivity index (χ0v) is 10.7. The van der Waals surface area contributed by atoms with Crippen LogP contribution < -0.4 is 5.32 Å². The van der Waals surface area contributed by atoms with Gasteiger partial charge in [-0.2, -0.15) is 0 Å². The van der Waals surface area contributed by atoms with Crippen LogP contribution in [0.25, 0.3) is 0 Å². The second-order valence-electron chi connectivity index (χ2n) is 5.06. The molecule has 0 saturated carbocycles. The summed E-state index contributed by atoms with van der Waals surface area (Å²) < 4.78 is 1.69. The molecule has 5 nitrogen and oxygen atoms in total. The average molecular weight is 239 g/mol. The molecule has 0 aromatic carbocycles. The number of nitrogens with zero attached hydrogens (tertiary/aromatic N) is 2. The summed E-state index contributed by atoms with van der Waals surface area (Å²) in [6.07, 6.45) is 4.80. The third-order valence-electron chi connectivity index (χ3n) is 2.79. The van der Waals surface area contributed by atoms with Crippen molar-refractivity contribution in [1.29, 1.82) is 0 Å². The van der Waals surface area contributed by atoms with Gasteiger partial charge in [-0.3, -0.25) is 4.79 Å². The third kappa shape index (κ3) is 4.19. The molecule has 1 aromatic rings. The Bertz CT molecular complexity index is 372. The summed E-state index contributed by atoms with van der Waals surface area (Å²) in [4.78, 5) is 15.7. The van der Waals surface area contributed by atoms with E-state index in [-0.39, 0.29) is 17.9 Å². The first kappa shape index (κ1) is 13.7. The van der Waals surface area contributed by atoms with E-state index in [4.69, 9.17) is 5.11 Å². The second-order valence-corrected chi connectivity index (χ2v) is 5.06. The fraction of sp³-hybridized carbons (Fsp3) is 0.667. The predicted octanol–water partition coefficient (Wildman–Crippen LogP) is 0.949. The van der Waals surface area contributed by atoms with Gasteiger partial charge < -0.3 is 15.0 Å². The number of rotatable bonds is 6. The topological polar surface area (TPSA) is 67.2 Å². The molecule has 0 bridgehead atoms. The number of aromatic nitrogens is 2. The highest BCUT2D eigenvalue weighted by Crippen LogP contribution is 2.20. The molecule has 96 valence electrons. The van der Waals surface area contributed by atoms with E-state index in [2.05, 4.69) is 24.1 Å². The van der Waals surface area contributed by atoms with Crippen molar-refractivity contribution in [2.45, 2.75) is 26.7 Å². The minimum absolute atomic E-state index is 0.00299. The Morgan fingerprint density at radius 3 is 2.82 bits per heavy atom. The second kappa shape index (κ2) is 5.82. The summed E-state index contributed by atoms with van der Waals surface area (Å²) in [6.45, 7) is 4.94. The van der Waals surface area contributed by atoms with Gasteiger partial charge in [0.25, 0.3) is 5.91 Å². The number of imidazole rings is 1. The molecule has 0 aliphatic rings. The SMILES string of the molecule is Cn1cncc1C(=O)NCC(C)(C)CCCO. The smallest absolute Gasteiger partial charge is 0.269 e. The van der Waals surface area contributed by atoms with Crippen LogP contribution in [-0.4, -0.2) is 33.7 Å². The number of aliphatic hydroxyl groups excluding tert-OH is 1. The molecule has 0 fully saturated rings. The van der Waals surface area contributed by atoms with E-state index in [0.29, 0.717) is 12.2 Å². The van der Waals surface area contributed by atoms with Crippen molar-refractivity contribution in [3.8, 4) is 0 Å². The lowest BCUT2D eigenvalue weighted by molar-refractivity contribution is 0.0924. The van der Waals surface area contributed by atoms with E-state index in [1.807, 2.05) is 0 Å². The first-order chi connectivity index (χ1) is 7.96. The Kier molecular flexibility index (Phi) is 4.69. The Morgan fingerprint density at radius 2 is 2.29 bits per heavy atom. The van der Waals surface area contributed by atoms with Crippen LogP contribution in [-0.2, 0) is 7.05 Å². The molecule has 1 rings (SSSR count). The van der Waals surface area contributed by atoms with Gasteiger partial charge in [-0.15, -0.1) is 0 Å². The van der Waals surface area contributed by atoms with E-state index in [9.17, 15) is 4.79 Å². The van der Waals surface area contributed by atoms with E-state index >= 15 is 0 Å². The maximum absolute atomic E-state index is 11.8. The number of carbonyl (C=O) groups excluding carboxylic acids is 1. The molecule has 0 radical (unpaired) electrons. The Balaban J connectivity index is 2.45. The van der Waals surface area contributed by atoms with Gasteiger partial charge in [0.2, 0.25) is 0 Å². The van der Waals surface area contributed by atoms with Gasteiger partial charge >= 0.3 is 0 Å². The zero-order chi connectivity index (χ0) is 12.9. The average Bonchev–Trinajstić information content (AvgIpc) is 2.70. The highest BCUT2D eigenvalue weighted by molar-refractivity contribution is 5.92. The van der Waals surface area contributed by atoms with Gasteiger partial charge in [-0.25, -0.2) is 4.98 Å². The van der Waals surface area contributed by atoms with Crippen LogP contribution in [0.4, 0.5) is 0 Å². The first-order valence-electron chi connectivity index (χ1n) is 5.82. The molecule has 17 heavy (non-hydrogen) atoms. The molecule has 0 aliphatic carbocycles.